The molecule has 0 aliphatic carbocycles. The molecule has 0 heterocycles. The molecule has 18 heavy (non-hydrogen) atoms. The van der Waals surface area contributed by atoms with E-state index >= 15 is 0 Å². The van der Waals surface area contributed by atoms with Crippen LogP contribution in [0, 0.1) is 5.92 Å². The molecular weight excluding hydrogens is 246 g/mol. The second-order valence-corrected chi connectivity index (χ2v) is 5.62. The van der Waals surface area contributed by atoms with Crippen molar-refractivity contribution in [3.8, 4) is 0 Å². The van der Waals surface area contributed by atoms with Crippen LogP contribution < -0.4 is 5.32 Å². The minimum Gasteiger partial charge on any atom is -0.353 e. The van der Waals surface area contributed by atoms with E-state index in [-0.39, 0.29) is 11.9 Å². The number of nitrogens with one attached hydrogen (secondary N) is 1. The molecule has 0 bridgehead atoms. The lowest BCUT2D eigenvalue weighted by molar-refractivity contribution is -0.119. The maximum atomic E-state index is 11.7. The van der Waals surface area contributed by atoms with Crippen molar-refractivity contribution in [1.29, 1.82) is 0 Å². The van der Waals surface area contributed by atoms with Gasteiger partial charge in [-0.3, -0.25) is 9.59 Å². The van der Waals surface area contributed by atoms with E-state index in [4.69, 9.17) is 0 Å². The highest BCUT2D eigenvalue weighted by Gasteiger charge is 2.10. The fourth-order valence-corrected chi connectivity index (χ4v) is 1.96. The topological polar surface area (TPSA) is 46.2 Å². The monoisotopic (exact) mass is 265 g/mol. The van der Waals surface area contributed by atoms with Gasteiger partial charge in [0.25, 0.3) is 0 Å². The third kappa shape index (κ3) is 4.92. The summed E-state index contributed by atoms with van der Waals surface area (Å²) in [7, 11) is 0. The lowest BCUT2D eigenvalue weighted by atomic mass is 10.1. The van der Waals surface area contributed by atoms with E-state index in [9.17, 15) is 9.59 Å². The van der Waals surface area contributed by atoms with Crippen molar-refractivity contribution in [2.75, 3.05) is 5.75 Å². The zero-order valence-corrected chi connectivity index (χ0v) is 11.8. The van der Waals surface area contributed by atoms with Crippen LogP contribution in [-0.4, -0.2) is 24.0 Å². The second-order valence-electron chi connectivity index (χ2n) is 4.58. The predicted octanol–water partition coefficient (Wildman–Crippen LogP) is 2.75. The molecule has 0 aliphatic rings. The average Bonchev–Trinajstić information content (AvgIpc) is 2.36. The highest BCUT2D eigenvalue weighted by Crippen LogP contribution is 2.17. The van der Waals surface area contributed by atoms with Gasteiger partial charge in [-0.1, -0.05) is 26.0 Å². The summed E-state index contributed by atoms with van der Waals surface area (Å²) in [6.45, 7) is 6.17. The number of benzene rings is 1. The van der Waals surface area contributed by atoms with E-state index in [1.807, 2.05) is 19.1 Å². The van der Waals surface area contributed by atoms with E-state index in [0.717, 1.165) is 11.2 Å². The lowest BCUT2D eigenvalue weighted by Gasteiger charge is -2.17. The van der Waals surface area contributed by atoms with Gasteiger partial charge in [-0.25, -0.2) is 0 Å². The van der Waals surface area contributed by atoms with Crippen molar-refractivity contribution in [1.82, 2.24) is 5.32 Å². The first kappa shape index (κ1) is 14.8. The minimum absolute atomic E-state index is 0.0423. The fourth-order valence-electron chi connectivity index (χ4n) is 1.25. The highest BCUT2D eigenvalue weighted by molar-refractivity contribution is 8.00. The normalized spacial score (nSPS) is 12.2. The van der Waals surface area contributed by atoms with E-state index in [1.165, 1.54) is 11.8 Å². The molecule has 1 N–H and O–H groups in total. The van der Waals surface area contributed by atoms with Crippen LogP contribution in [0.1, 0.15) is 31.1 Å². The quantitative estimate of drug-likeness (QED) is 0.635. The molecule has 1 atom stereocenters. The lowest BCUT2D eigenvalue weighted by Crippen LogP contribution is -2.37. The van der Waals surface area contributed by atoms with Gasteiger partial charge in [0, 0.05) is 16.5 Å². The fraction of sp³-hybridized carbons (Fsp3) is 0.429. The van der Waals surface area contributed by atoms with Crippen molar-refractivity contribution >= 4 is 24.0 Å². The Morgan fingerprint density at radius 1 is 1.28 bits per heavy atom. The number of aldehydes is 1. The highest BCUT2D eigenvalue weighted by atomic mass is 32.2. The molecule has 0 aliphatic heterocycles. The number of carbonyl (C=O) groups excluding carboxylic acids is 2. The van der Waals surface area contributed by atoms with Gasteiger partial charge < -0.3 is 5.32 Å². The van der Waals surface area contributed by atoms with Gasteiger partial charge in [0.05, 0.1) is 5.75 Å². The van der Waals surface area contributed by atoms with Crippen LogP contribution in [0.2, 0.25) is 0 Å². The van der Waals surface area contributed by atoms with Crippen LogP contribution in [0.25, 0.3) is 0 Å². The molecule has 0 saturated carbocycles. The second kappa shape index (κ2) is 7.21. The van der Waals surface area contributed by atoms with Crippen molar-refractivity contribution in [3.63, 3.8) is 0 Å². The summed E-state index contributed by atoms with van der Waals surface area (Å²) < 4.78 is 0. The predicted molar refractivity (Wildman–Crippen MR) is 75.0 cm³/mol. The van der Waals surface area contributed by atoms with Gasteiger partial charge in [-0.05, 0) is 25.0 Å². The van der Waals surface area contributed by atoms with Gasteiger partial charge >= 0.3 is 0 Å². The zero-order chi connectivity index (χ0) is 13.5. The Morgan fingerprint density at radius 3 is 2.39 bits per heavy atom. The van der Waals surface area contributed by atoms with Gasteiger partial charge in [0.15, 0.2) is 0 Å². The number of hydrogen-bond acceptors (Lipinski definition) is 3. The van der Waals surface area contributed by atoms with E-state index in [2.05, 4.69) is 19.2 Å². The minimum atomic E-state index is 0.0423. The molecule has 0 radical (unpaired) electrons. The Morgan fingerprint density at radius 2 is 1.89 bits per heavy atom. The number of amides is 1. The zero-order valence-electron chi connectivity index (χ0n) is 11.0. The van der Waals surface area contributed by atoms with Crippen LogP contribution in [-0.2, 0) is 4.79 Å². The molecule has 0 spiro atoms. The Hall–Kier alpha value is -1.29. The van der Waals surface area contributed by atoms with E-state index < -0.39 is 0 Å². The molecule has 0 saturated heterocycles. The molecule has 1 rings (SSSR count). The molecule has 1 amide bonds. The number of carbonyl (C=O) groups is 2. The maximum absolute atomic E-state index is 11.7. The molecule has 4 heteroatoms. The summed E-state index contributed by atoms with van der Waals surface area (Å²) in [5.41, 5.74) is 0.650. The standard InChI is InChI=1S/C14H19NO2S/c1-10(2)11(3)15-14(17)9-18-13-6-4-12(8-16)5-7-13/h4-8,10-11H,9H2,1-3H3,(H,15,17). The molecule has 1 aromatic rings. The number of rotatable bonds is 6. The SMILES string of the molecule is CC(C)C(C)NC(=O)CSc1ccc(C=O)cc1. The first-order chi connectivity index (χ1) is 8.52. The molecule has 0 aromatic heterocycles. The van der Waals surface area contributed by atoms with Crippen LogP contribution in [0.4, 0.5) is 0 Å². The van der Waals surface area contributed by atoms with Gasteiger partial charge in [-0.15, -0.1) is 11.8 Å². The number of thioether (sulfide) groups is 1. The smallest absolute Gasteiger partial charge is 0.230 e. The van der Waals surface area contributed by atoms with Gasteiger partial charge in [-0.2, -0.15) is 0 Å². The Bertz CT molecular complexity index is 401. The summed E-state index contributed by atoms with van der Waals surface area (Å²) in [4.78, 5) is 23.2. The maximum Gasteiger partial charge on any atom is 0.230 e. The van der Waals surface area contributed by atoms with Gasteiger partial charge in [0.1, 0.15) is 6.29 Å². The van der Waals surface area contributed by atoms with E-state index in [0.29, 0.717) is 17.2 Å². The molecule has 3 nitrogen and oxygen atoms in total. The van der Waals surface area contributed by atoms with Crippen molar-refractivity contribution in [3.05, 3.63) is 29.8 Å². The molecule has 98 valence electrons. The Labute approximate surface area is 112 Å². The summed E-state index contributed by atoms with van der Waals surface area (Å²) >= 11 is 1.47. The largest absolute Gasteiger partial charge is 0.353 e. The molecule has 0 fully saturated rings. The third-order valence-corrected chi connectivity index (χ3v) is 3.79. The Kier molecular flexibility index (Phi) is 5.92. The number of hydrogen-bond donors (Lipinski definition) is 1. The average molecular weight is 265 g/mol. The molecule has 1 aromatic carbocycles. The molecular formula is C14H19NO2S. The van der Waals surface area contributed by atoms with Crippen LogP contribution in [0.15, 0.2) is 29.2 Å². The molecule has 1 unspecified atom stereocenters. The summed E-state index contributed by atoms with van der Waals surface area (Å²) in [5, 5.41) is 2.96. The van der Waals surface area contributed by atoms with Gasteiger partial charge in [0.2, 0.25) is 5.91 Å². The third-order valence-electron chi connectivity index (χ3n) is 2.77. The van der Waals surface area contributed by atoms with Crippen LogP contribution in [0.5, 0.6) is 0 Å². The van der Waals surface area contributed by atoms with Crippen LogP contribution >= 0.6 is 11.8 Å². The van der Waals surface area contributed by atoms with E-state index in [1.54, 1.807) is 12.1 Å². The van der Waals surface area contributed by atoms with Crippen molar-refractivity contribution in [2.24, 2.45) is 5.92 Å². The first-order valence-corrected chi connectivity index (χ1v) is 6.99. The summed E-state index contributed by atoms with van der Waals surface area (Å²) in [6.07, 6.45) is 0.811. The van der Waals surface area contributed by atoms with Crippen LogP contribution in [0.3, 0.4) is 0 Å². The summed E-state index contributed by atoms with van der Waals surface area (Å²) in [6, 6.07) is 7.41. The summed E-state index contributed by atoms with van der Waals surface area (Å²) in [5.74, 6) is 0.879. The Balaban J connectivity index is 2.40. The first-order valence-electron chi connectivity index (χ1n) is 6.00. The van der Waals surface area contributed by atoms with Crippen molar-refractivity contribution in [2.45, 2.75) is 31.7 Å². The van der Waals surface area contributed by atoms with Crippen molar-refractivity contribution < 1.29 is 9.59 Å².